The Morgan fingerprint density at radius 1 is 0.897 bits per heavy atom. The Bertz CT molecular complexity index is 883. The Hall–Kier alpha value is -2.47. The van der Waals surface area contributed by atoms with Gasteiger partial charge in [0.15, 0.2) is 17.3 Å². The van der Waals surface area contributed by atoms with E-state index in [1.165, 1.54) is 17.8 Å². The third-order valence-electron chi connectivity index (χ3n) is 6.41. The average molecular weight is 396 g/mol. The summed E-state index contributed by atoms with van der Waals surface area (Å²) < 4.78 is 13.2. The first kappa shape index (κ1) is 18.6. The lowest BCUT2D eigenvalue weighted by Gasteiger charge is -2.36. The van der Waals surface area contributed by atoms with Crippen LogP contribution >= 0.6 is 0 Å². The summed E-state index contributed by atoms with van der Waals surface area (Å²) in [6, 6.07) is 8.26. The topological polar surface area (TPSA) is 46.9 Å². The molecular weight excluding hydrogens is 366 g/mol. The van der Waals surface area contributed by atoms with Gasteiger partial charge >= 0.3 is 0 Å². The highest BCUT2D eigenvalue weighted by Gasteiger charge is 2.21. The van der Waals surface area contributed by atoms with Gasteiger partial charge < -0.3 is 18.9 Å². The molecule has 0 atom stereocenters. The highest BCUT2D eigenvalue weighted by molar-refractivity contribution is 5.98. The third kappa shape index (κ3) is 3.86. The van der Waals surface area contributed by atoms with Gasteiger partial charge in [-0.05, 0) is 50.4 Å². The van der Waals surface area contributed by atoms with Crippen molar-refractivity contribution >= 4 is 11.5 Å². The lowest BCUT2D eigenvalue weighted by atomic mass is 9.97. The van der Waals surface area contributed by atoms with Crippen LogP contribution in [0.1, 0.15) is 41.7 Å². The molecule has 1 saturated heterocycles. The Morgan fingerprint density at radius 3 is 2.62 bits per heavy atom. The second-order valence-electron chi connectivity index (χ2n) is 8.22. The number of hydrogen-bond acceptors (Lipinski definition) is 5. The maximum atomic E-state index is 12.0. The molecule has 0 N–H and O–H groups in total. The highest BCUT2D eigenvalue weighted by atomic mass is 16.7. The van der Waals surface area contributed by atoms with Crippen molar-refractivity contribution in [3.63, 3.8) is 0 Å². The molecule has 0 bridgehead atoms. The van der Waals surface area contributed by atoms with Crippen LogP contribution in [0.15, 0.2) is 30.5 Å². The quantitative estimate of drug-likeness (QED) is 0.702. The minimum atomic E-state index is 0.324. The van der Waals surface area contributed by atoms with Crippen LogP contribution in [0.4, 0.5) is 5.69 Å². The third-order valence-corrected chi connectivity index (χ3v) is 6.41. The minimum absolute atomic E-state index is 0.324. The van der Waals surface area contributed by atoms with Crippen LogP contribution in [0.3, 0.4) is 0 Å². The SMILES string of the molecule is O=C1CCCc2c1ccn2CCCCN1CCN(c2ccc3c(c2)OCO3)CC1. The molecule has 3 aliphatic rings. The second-order valence-corrected chi connectivity index (χ2v) is 8.22. The number of piperazine rings is 1. The van der Waals surface area contributed by atoms with Gasteiger partial charge in [0.2, 0.25) is 6.79 Å². The molecule has 2 aromatic rings. The first-order valence-corrected chi connectivity index (χ1v) is 10.9. The average Bonchev–Trinajstić information content (AvgIpc) is 3.39. The number of ketones is 1. The molecule has 5 rings (SSSR count). The fourth-order valence-corrected chi connectivity index (χ4v) is 4.73. The lowest BCUT2D eigenvalue weighted by molar-refractivity contribution is 0.0971. The molecule has 2 aliphatic heterocycles. The van der Waals surface area contributed by atoms with Crippen molar-refractivity contribution in [2.24, 2.45) is 0 Å². The van der Waals surface area contributed by atoms with E-state index in [9.17, 15) is 4.79 Å². The van der Waals surface area contributed by atoms with Crippen LogP contribution in [0.25, 0.3) is 0 Å². The molecule has 1 aromatic heterocycles. The summed E-state index contributed by atoms with van der Waals surface area (Å²) in [4.78, 5) is 17.0. The van der Waals surface area contributed by atoms with Crippen LogP contribution in [-0.4, -0.2) is 54.8 Å². The number of anilines is 1. The van der Waals surface area contributed by atoms with Gasteiger partial charge in [-0.25, -0.2) is 0 Å². The number of rotatable bonds is 6. The number of hydrogen-bond donors (Lipinski definition) is 0. The number of benzene rings is 1. The van der Waals surface area contributed by atoms with Gasteiger partial charge in [0.25, 0.3) is 0 Å². The van der Waals surface area contributed by atoms with E-state index >= 15 is 0 Å². The van der Waals surface area contributed by atoms with E-state index in [2.05, 4.69) is 32.7 Å². The number of Topliss-reactive ketones (excluding diaryl/α,β-unsaturated/α-hetero) is 1. The molecule has 0 radical (unpaired) electrons. The number of aryl methyl sites for hydroxylation is 1. The number of carbonyl (C=O) groups is 1. The predicted molar refractivity (Wildman–Crippen MR) is 112 cm³/mol. The highest BCUT2D eigenvalue weighted by Crippen LogP contribution is 2.35. The van der Waals surface area contributed by atoms with Gasteiger partial charge in [-0.1, -0.05) is 0 Å². The first-order valence-electron chi connectivity index (χ1n) is 10.9. The Kier molecular flexibility index (Phi) is 5.19. The number of ether oxygens (including phenoxy) is 2. The number of fused-ring (bicyclic) bond motifs is 2. The van der Waals surface area contributed by atoms with E-state index < -0.39 is 0 Å². The van der Waals surface area contributed by atoms with Gasteiger partial charge in [0.05, 0.1) is 0 Å². The summed E-state index contributed by atoms with van der Waals surface area (Å²) in [7, 11) is 0. The summed E-state index contributed by atoms with van der Waals surface area (Å²) in [6.07, 6.45) is 7.25. The summed E-state index contributed by atoms with van der Waals surface area (Å²) in [5.41, 5.74) is 3.45. The van der Waals surface area contributed by atoms with Crippen molar-refractivity contribution in [1.29, 1.82) is 0 Å². The Balaban J connectivity index is 1.06. The molecule has 6 nitrogen and oxygen atoms in total. The normalized spacial score (nSPS) is 18.9. The maximum absolute atomic E-state index is 12.0. The molecule has 0 amide bonds. The molecule has 6 heteroatoms. The monoisotopic (exact) mass is 395 g/mol. The van der Waals surface area contributed by atoms with Crippen LogP contribution in [0.2, 0.25) is 0 Å². The van der Waals surface area contributed by atoms with Gasteiger partial charge in [-0.3, -0.25) is 9.69 Å². The van der Waals surface area contributed by atoms with E-state index in [0.717, 1.165) is 82.0 Å². The largest absolute Gasteiger partial charge is 0.454 e. The van der Waals surface area contributed by atoms with Crippen molar-refractivity contribution in [3.05, 3.63) is 41.7 Å². The number of carbonyl (C=O) groups excluding carboxylic acids is 1. The molecule has 3 heterocycles. The minimum Gasteiger partial charge on any atom is -0.454 e. The summed E-state index contributed by atoms with van der Waals surface area (Å²) in [5, 5.41) is 0. The summed E-state index contributed by atoms with van der Waals surface area (Å²) in [6.45, 7) is 6.80. The van der Waals surface area contributed by atoms with Crippen LogP contribution in [0.5, 0.6) is 11.5 Å². The molecule has 1 aromatic carbocycles. The number of aromatic nitrogens is 1. The molecule has 1 fully saturated rings. The molecule has 154 valence electrons. The van der Waals surface area contributed by atoms with E-state index in [4.69, 9.17) is 9.47 Å². The smallest absolute Gasteiger partial charge is 0.231 e. The summed E-state index contributed by atoms with van der Waals surface area (Å²) >= 11 is 0. The molecule has 0 unspecified atom stereocenters. The lowest BCUT2D eigenvalue weighted by Crippen LogP contribution is -2.46. The molecular formula is C23H29N3O3. The Labute approximate surface area is 172 Å². The fourth-order valence-electron chi connectivity index (χ4n) is 4.73. The van der Waals surface area contributed by atoms with Gasteiger partial charge in [-0.15, -0.1) is 0 Å². The van der Waals surface area contributed by atoms with Gasteiger partial charge in [0, 0.05) is 68.4 Å². The van der Waals surface area contributed by atoms with E-state index in [0.29, 0.717) is 12.6 Å². The predicted octanol–water partition coefficient (Wildman–Crippen LogP) is 3.34. The van der Waals surface area contributed by atoms with Crippen molar-refractivity contribution in [2.45, 2.75) is 38.6 Å². The Morgan fingerprint density at radius 2 is 1.72 bits per heavy atom. The van der Waals surface area contributed by atoms with E-state index in [1.54, 1.807) is 0 Å². The molecule has 29 heavy (non-hydrogen) atoms. The van der Waals surface area contributed by atoms with Crippen molar-refractivity contribution in [2.75, 3.05) is 44.4 Å². The van der Waals surface area contributed by atoms with E-state index in [-0.39, 0.29) is 0 Å². The fraction of sp³-hybridized carbons (Fsp3) is 0.522. The van der Waals surface area contributed by atoms with Crippen LogP contribution in [0, 0.1) is 0 Å². The van der Waals surface area contributed by atoms with Crippen molar-refractivity contribution in [3.8, 4) is 11.5 Å². The van der Waals surface area contributed by atoms with Crippen LogP contribution < -0.4 is 14.4 Å². The maximum Gasteiger partial charge on any atom is 0.231 e. The van der Waals surface area contributed by atoms with Gasteiger partial charge in [-0.2, -0.15) is 0 Å². The standard InChI is InChI=1S/C23H29N3O3/c27-21-5-3-4-20-19(21)8-11-26(20)10-2-1-9-24-12-14-25(15-13-24)18-6-7-22-23(16-18)29-17-28-22/h6-8,11,16H,1-5,9-10,12-15,17H2. The number of unbranched alkanes of at least 4 members (excludes halogenated alkanes) is 1. The molecule has 1 aliphatic carbocycles. The molecule has 0 spiro atoms. The summed E-state index contributed by atoms with van der Waals surface area (Å²) in [5.74, 6) is 2.03. The zero-order valence-electron chi connectivity index (χ0n) is 16.9. The zero-order chi connectivity index (χ0) is 19.6. The van der Waals surface area contributed by atoms with Crippen LogP contribution in [-0.2, 0) is 13.0 Å². The number of nitrogens with zero attached hydrogens (tertiary/aromatic N) is 3. The second kappa shape index (κ2) is 8.11. The van der Waals surface area contributed by atoms with E-state index in [1.807, 2.05) is 12.1 Å². The molecule has 0 saturated carbocycles. The van der Waals surface area contributed by atoms with Crippen molar-refractivity contribution < 1.29 is 14.3 Å². The van der Waals surface area contributed by atoms with Gasteiger partial charge in [0.1, 0.15) is 0 Å². The first-order chi connectivity index (χ1) is 14.3. The zero-order valence-corrected chi connectivity index (χ0v) is 16.9. The van der Waals surface area contributed by atoms with Crippen molar-refractivity contribution in [1.82, 2.24) is 9.47 Å².